The first-order chi connectivity index (χ1) is 15.5. The molecule has 0 unspecified atom stereocenters. The van der Waals surface area contributed by atoms with Crippen molar-refractivity contribution in [2.24, 2.45) is 10.8 Å². The molecule has 2 aromatic rings. The fraction of sp³-hybridized carbons (Fsp3) is 0.727. The van der Waals surface area contributed by atoms with Crippen LogP contribution in [0.2, 0.25) is 0 Å². The highest BCUT2D eigenvalue weighted by atomic mass is 32.2. The van der Waals surface area contributed by atoms with Gasteiger partial charge < -0.3 is 9.63 Å². The Bertz CT molecular complexity index is 1000. The second kappa shape index (κ2) is 10.3. The lowest BCUT2D eigenvalue weighted by Crippen LogP contribution is -2.37. The number of nitrogens with zero attached hydrogens (tertiary/aromatic N) is 3. The van der Waals surface area contributed by atoms with Crippen LogP contribution in [0.15, 0.2) is 21.8 Å². The fourth-order valence-corrected chi connectivity index (χ4v) is 5.83. The van der Waals surface area contributed by atoms with Crippen molar-refractivity contribution >= 4 is 16.0 Å². The molecule has 0 spiro atoms. The van der Waals surface area contributed by atoms with E-state index in [0.717, 1.165) is 12.8 Å². The van der Waals surface area contributed by atoms with Crippen molar-refractivity contribution in [1.82, 2.24) is 25.1 Å². The summed E-state index contributed by atoms with van der Waals surface area (Å²) in [5.74, 6) is -0.937. The van der Waals surface area contributed by atoms with Gasteiger partial charge in [0.25, 0.3) is 0 Å². The van der Waals surface area contributed by atoms with Crippen molar-refractivity contribution in [1.29, 1.82) is 0 Å². The molecule has 0 radical (unpaired) electrons. The molecule has 3 rings (SSSR count). The van der Waals surface area contributed by atoms with Crippen LogP contribution in [0.5, 0.6) is 0 Å². The first-order valence-corrected chi connectivity index (χ1v) is 13.0. The van der Waals surface area contributed by atoms with E-state index in [9.17, 15) is 18.3 Å². The number of hydrogen-bond donors (Lipinski definition) is 3. The van der Waals surface area contributed by atoms with Gasteiger partial charge >= 0.3 is 5.97 Å². The number of sulfonamides is 1. The Balaban J connectivity index is 1.63. The summed E-state index contributed by atoms with van der Waals surface area (Å²) in [6.45, 7) is 6.76. The van der Waals surface area contributed by atoms with Gasteiger partial charge in [0, 0.05) is 12.1 Å². The van der Waals surface area contributed by atoms with Gasteiger partial charge in [-0.25, -0.2) is 13.1 Å². The van der Waals surface area contributed by atoms with Crippen LogP contribution in [0.3, 0.4) is 0 Å². The van der Waals surface area contributed by atoms with E-state index in [2.05, 4.69) is 45.8 Å². The molecular formula is C22H35N5O5S. The zero-order valence-corrected chi connectivity index (χ0v) is 20.4. The Morgan fingerprint density at radius 3 is 2.64 bits per heavy atom. The largest absolute Gasteiger partial charge is 0.481 e. The molecule has 3 N–H and O–H groups in total. The van der Waals surface area contributed by atoms with Crippen LogP contribution in [-0.4, -0.2) is 39.8 Å². The maximum Gasteiger partial charge on any atom is 0.304 e. The number of carboxylic acids is 1. The van der Waals surface area contributed by atoms with Crippen molar-refractivity contribution in [3.63, 3.8) is 0 Å². The molecule has 1 saturated carbocycles. The highest BCUT2D eigenvalue weighted by Gasteiger charge is 2.42. The molecule has 0 aromatic carbocycles. The van der Waals surface area contributed by atoms with Gasteiger partial charge in [0.1, 0.15) is 4.90 Å². The molecule has 33 heavy (non-hydrogen) atoms. The van der Waals surface area contributed by atoms with Gasteiger partial charge in [0.15, 0.2) is 5.82 Å². The molecule has 11 heteroatoms. The number of carboxylic acid groups (broad SMARTS) is 1. The molecule has 184 valence electrons. The van der Waals surface area contributed by atoms with Crippen molar-refractivity contribution in [2.45, 2.75) is 95.9 Å². The van der Waals surface area contributed by atoms with Gasteiger partial charge in [-0.2, -0.15) is 10.1 Å². The maximum absolute atomic E-state index is 12.2. The number of rotatable bonds is 11. The van der Waals surface area contributed by atoms with Crippen LogP contribution < -0.4 is 4.72 Å². The smallest absolute Gasteiger partial charge is 0.304 e. The minimum absolute atomic E-state index is 0.00506. The Hall–Kier alpha value is -2.27. The van der Waals surface area contributed by atoms with E-state index in [1.54, 1.807) is 0 Å². The standard InChI is InChI=1S/C22H35N5O5S/c1-21(2,3)22(9-5-4-6-10-22)11-7-8-16(12-19(28)29)20-26-18(27-32-20)15-25-33(30,31)17-13-23-24-14-17/h13-14,16,25H,4-12,15H2,1-3H3,(H,23,24)(H,28,29)/t16-/m1/s1. The minimum Gasteiger partial charge on any atom is -0.481 e. The number of aromatic nitrogens is 4. The summed E-state index contributed by atoms with van der Waals surface area (Å²) in [5.41, 5.74) is 0.462. The van der Waals surface area contributed by atoms with Gasteiger partial charge in [-0.15, -0.1) is 0 Å². The van der Waals surface area contributed by atoms with Crippen LogP contribution in [0, 0.1) is 10.8 Å². The van der Waals surface area contributed by atoms with E-state index in [1.165, 1.54) is 44.5 Å². The Labute approximate surface area is 195 Å². The van der Waals surface area contributed by atoms with Crippen LogP contribution >= 0.6 is 0 Å². The van der Waals surface area contributed by atoms with Gasteiger partial charge in [-0.3, -0.25) is 9.89 Å². The quantitative estimate of drug-likeness (QED) is 0.436. The average Bonchev–Trinajstić information content (AvgIpc) is 3.44. The van der Waals surface area contributed by atoms with Gasteiger partial charge in [-0.05, 0) is 36.5 Å². The SMILES string of the molecule is CC(C)(C)C1(CCC[C@H](CC(=O)O)c2nc(CNS(=O)(=O)c3cn[nH]c3)no2)CCCCC1. The Morgan fingerprint density at radius 2 is 2.03 bits per heavy atom. The number of aromatic amines is 1. The summed E-state index contributed by atoms with van der Waals surface area (Å²) in [7, 11) is -3.75. The predicted octanol–water partition coefficient (Wildman–Crippen LogP) is 4.00. The molecule has 0 saturated heterocycles. The summed E-state index contributed by atoms with van der Waals surface area (Å²) >= 11 is 0. The third-order valence-corrected chi connectivity index (χ3v) is 8.44. The lowest BCUT2D eigenvalue weighted by Gasteiger charge is -2.48. The molecule has 1 aliphatic rings. The molecule has 0 amide bonds. The second-order valence-corrected chi connectivity index (χ2v) is 11.9. The highest BCUT2D eigenvalue weighted by Crippen LogP contribution is 2.53. The molecule has 0 bridgehead atoms. The molecule has 1 fully saturated rings. The number of nitrogens with one attached hydrogen (secondary N) is 2. The summed E-state index contributed by atoms with van der Waals surface area (Å²) in [4.78, 5) is 15.8. The maximum atomic E-state index is 12.2. The fourth-order valence-electron chi connectivity index (χ4n) is 4.95. The summed E-state index contributed by atoms with van der Waals surface area (Å²) in [6.07, 6.45) is 11.1. The molecule has 0 aliphatic heterocycles. The number of carbonyl (C=O) groups is 1. The van der Waals surface area contributed by atoms with Crippen LogP contribution in [0.25, 0.3) is 0 Å². The first kappa shape index (κ1) is 25.4. The van der Waals surface area contributed by atoms with E-state index in [1.807, 2.05) is 0 Å². The molecule has 10 nitrogen and oxygen atoms in total. The summed E-state index contributed by atoms with van der Waals surface area (Å²) in [6, 6.07) is 0. The number of H-pyrrole nitrogens is 1. The molecule has 1 atom stereocenters. The molecule has 1 aliphatic carbocycles. The Kier molecular flexibility index (Phi) is 7.94. The monoisotopic (exact) mass is 481 g/mol. The number of hydrogen-bond acceptors (Lipinski definition) is 7. The van der Waals surface area contributed by atoms with Gasteiger partial charge in [0.2, 0.25) is 15.9 Å². The first-order valence-electron chi connectivity index (χ1n) is 11.6. The van der Waals surface area contributed by atoms with Gasteiger partial charge in [0.05, 0.1) is 19.2 Å². The van der Waals surface area contributed by atoms with Crippen molar-refractivity contribution < 1.29 is 22.8 Å². The van der Waals surface area contributed by atoms with E-state index in [0.29, 0.717) is 6.42 Å². The Morgan fingerprint density at radius 1 is 1.30 bits per heavy atom. The van der Waals surface area contributed by atoms with Gasteiger partial charge in [-0.1, -0.05) is 51.6 Å². The molecule has 2 heterocycles. The topological polar surface area (TPSA) is 151 Å². The van der Waals surface area contributed by atoms with Crippen LogP contribution in [0.1, 0.15) is 96.2 Å². The van der Waals surface area contributed by atoms with E-state index >= 15 is 0 Å². The third kappa shape index (κ3) is 6.41. The van der Waals surface area contributed by atoms with Crippen LogP contribution in [0.4, 0.5) is 0 Å². The average molecular weight is 482 g/mol. The normalized spacial score (nSPS) is 17.7. The zero-order chi connectivity index (χ0) is 24.1. The zero-order valence-electron chi connectivity index (χ0n) is 19.6. The third-order valence-electron chi connectivity index (χ3n) is 7.07. The lowest BCUT2D eigenvalue weighted by atomic mass is 9.57. The number of aliphatic carboxylic acids is 1. The lowest BCUT2D eigenvalue weighted by molar-refractivity contribution is -0.137. The van der Waals surface area contributed by atoms with Crippen molar-refractivity contribution in [2.75, 3.05) is 0 Å². The second-order valence-electron chi connectivity index (χ2n) is 10.1. The van der Waals surface area contributed by atoms with E-state index in [-0.39, 0.29) is 40.4 Å². The predicted molar refractivity (Wildman–Crippen MR) is 121 cm³/mol. The van der Waals surface area contributed by atoms with Crippen molar-refractivity contribution in [3.05, 3.63) is 24.1 Å². The van der Waals surface area contributed by atoms with E-state index < -0.39 is 21.9 Å². The summed E-state index contributed by atoms with van der Waals surface area (Å²) < 4.78 is 32.2. The van der Waals surface area contributed by atoms with Crippen LogP contribution in [-0.2, 0) is 21.4 Å². The summed E-state index contributed by atoms with van der Waals surface area (Å²) in [5, 5.41) is 19.3. The minimum atomic E-state index is -3.75. The highest BCUT2D eigenvalue weighted by molar-refractivity contribution is 7.89. The molecule has 2 aromatic heterocycles. The van der Waals surface area contributed by atoms with Crippen molar-refractivity contribution in [3.8, 4) is 0 Å². The molecular weight excluding hydrogens is 446 g/mol. The van der Waals surface area contributed by atoms with E-state index in [4.69, 9.17) is 4.52 Å².